The van der Waals surface area contributed by atoms with E-state index in [0.717, 1.165) is 15.9 Å². The molecule has 11 heavy (non-hydrogen) atoms. The smallest absolute Gasteiger partial charge is 0.194 e. The van der Waals surface area contributed by atoms with Gasteiger partial charge in [-0.3, -0.25) is 0 Å². The summed E-state index contributed by atoms with van der Waals surface area (Å²) in [5, 5.41) is 11.0. The molecule has 0 aliphatic carbocycles. The summed E-state index contributed by atoms with van der Waals surface area (Å²) in [6.45, 7) is 3.72. The van der Waals surface area contributed by atoms with Crippen LogP contribution >= 0.6 is 11.6 Å². The number of hydrogen-bond donors (Lipinski definition) is 0. The summed E-state index contributed by atoms with van der Waals surface area (Å²) in [6.07, 6.45) is 1.50. The van der Waals surface area contributed by atoms with Crippen LogP contribution in [0.4, 0.5) is 0 Å². The van der Waals surface area contributed by atoms with Crippen molar-refractivity contribution in [2.45, 2.75) is 19.7 Å². The number of hydrogen-bond acceptors (Lipinski definition) is 1. The molecule has 2 nitrogen and oxygen atoms in total. The lowest BCUT2D eigenvalue weighted by atomic mass is 10.1. The summed E-state index contributed by atoms with van der Waals surface area (Å²) in [5.74, 6) is 0.404. The van der Waals surface area contributed by atoms with Crippen molar-refractivity contribution in [2.24, 2.45) is 0 Å². The first-order valence-electron chi connectivity index (χ1n) is 3.41. The fourth-order valence-corrected chi connectivity index (χ4v) is 1.42. The van der Waals surface area contributed by atoms with Crippen LogP contribution in [0.3, 0.4) is 0 Å². The molecule has 0 saturated carbocycles. The van der Waals surface area contributed by atoms with Crippen LogP contribution in [0.2, 0.25) is 0 Å². The van der Waals surface area contributed by atoms with Gasteiger partial charge in [0.15, 0.2) is 11.9 Å². The standard InChI is InChI=1S/C8H10ClNO/c1-6-3-4-10(11)7(2)8(6)5-9/h3-4H,5H2,1-2H3. The summed E-state index contributed by atoms with van der Waals surface area (Å²) in [7, 11) is 0. The molecule has 0 N–H and O–H groups in total. The number of aromatic nitrogens is 1. The van der Waals surface area contributed by atoms with Crippen molar-refractivity contribution in [1.29, 1.82) is 0 Å². The highest BCUT2D eigenvalue weighted by molar-refractivity contribution is 6.17. The Bertz CT molecular complexity index is 273. The maximum absolute atomic E-state index is 11.0. The average Bonchev–Trinajstić information content (AvgIpc) is 1.99. The van der Waals surface area contributed by atoms with Gasteiger partial charge < -0.3 is 5.21 Å². The zero-order chi connectivity index (χ0) is 8.43. The Morgan fingerprint density at radius 2 is 2.18 bits per heavy atom. The highest BCUT2D eigenvalue weighted by atomic mass is 35.5. The topological polar surface area (TPSA) is 26.9 Å². The second kappa shape index (κ2) is 3.09. The fraction of sp³-hybridized carbons (Fsp3) is 0.375. The highest BCUT2D eigenvalue weighted by Crippen LogP contribution is 2.11. The van der Waals surface area contributed by atoms with Gasteiger partial charge in [0.1, 0.15) is 0 Å². The molecule has 0 unspecified atom stereocenters. The summed E-state index contributed by atoms with van der Waals surface area (Å²) < 4.78 is 0.838. The number of alkyl halides is 1. The Kier molecular flexibility index (Phi) is 2.35. The van der Waals surface area contributed by atoms with Gasteiger partial charge >= 0.3 is 0 Å². The third-order valence-corrected chi connectivity index (χ3v) is 2.10. The quantitative estimate of drug-likeness (QED) is 0.359. The number of rotatable bonds is 1. The summed E-state index contributed by atoms with van der Waals surface area (Å²) in [5.41, 5.74) is 2.70. The molecule has 1 heterocycles. The molecule has 0 aromatic carbocycles. The predicted molar refractivity (Wildman–Crippen MR) is 44.4 cm³/mol. The van der Waals surface area contributed by atoms with Gasteiger partial charge in [0, 0.05) is 18.6 Å². The van der Waals surface area contributed by atoms with Crippen LogP contribution in [-0.4, -0.2) is 0 Å². The van der Waals surface area contributed by atoms with E-state index in [1.807, 2.05) is 6.92 Å². The van der Waals surface area contributed by atoms with Crippen molar-refractivity contribution in [3.63, 3.8) is 0 Å². The number of halogens is 1. The van der Waals surface area contributed by atoms with E-state index in [2.05, 4.69) is 0 Å². The third kappa shape index (κ3) is 1.46. The van der Waals surface area contributed by atoms with Crippen molar-refractivity contribution in [1.82, 2.24) is 0 Å². The SMILES string of the molecule is Cc1cc[n+]([O-])c(C)c1CCl. The molecule has 0 amide bonds. The van der Waals surface area contributed by atoms with E-state index in [-0.39, 0.29) is 0 Å². The molecule has 0 radical (unpaired) electrons. The molecule has 0 spiro atoms. The fourth-order valence-electron chi connectivity index (χ4n) is 1.01. The lowest BCUT2D eigenvalue weighted by Crippen LogP contribution is -2.30. The molecule has 1 rings (SSSR count). The minimum atomic E-state index is 0.404. The molecule has 0 aliphatic heterocycles. The third-order valence-electron chi connectivity index (χ3n) is 1.84. The van der Waals surface area contributed by atoms with E-state index in [1.165, 1.54) is 6.20 Å². The van der Waals surface area contributed by atoms with Gasteiger partial charge in [0.2, 0.25) is 0 Å². The highest BCUT2D eigenvalue weighted by Gasteiger charge is 2.08. The van der Waals surface area contributed by atoms with E-state index in [1.54, 1.807) is 13.0 Å². The van der Waals surface area contributed by atoms with Crippen LogP contribution in [-0.2, 0) is 5.88 Å². The Hall–Kier alpha value is -0.760. The monoisotopic (exact) mass is 171 g/mol. The van der Waals surface area contributed by atoms with Gasteiger partial charge in [0.05, 0.1) is 5.88 Å². The molecule has 1 aromatic rings. The summed E-state index contributed by atoms with van der Waals surface area (Å²) >= 11 is 5.66. The molecule has 60 valence electrons. The maximum atomic E-state index is 11.0. The molecule has 0 saturated heterocycles. The van der Waals surface area contributed by atoms with Gasteiger partial charge in [-0.15, -0.1) is 11.6 Å². The van der Waals surface area contributed by atoms with E-state index in [4.69, 9.17) is 11.6 Å². The van der Waals surface area contributed by atoms with Crippen molar-refractivity contribution < 1.29 is 4.73 Å². The minimum absolute atomic E-state index is 0.404. The first-order chi connectivity index (χ1) is 5.16. The second-order valence-electron chi connectivity index (χ2n) is 2.52. The predicted octanol–water partition coefficient (Wildman–Crippen LogP) is 1.68. The van der Waals surface area contributed by atoms with Crippen LogP contribution in [0.25, 0.3) is 0 Å². The van der Waals surface area contributed by atoms with Crippen molar-refractivity contribution in [2.75, 3.05) is 0 Å². The minimum Gasteiger partial charge on any atom is -0.619 e. The Morgan fingerprint density at radius 1 is 1.55 bits per heavy atom. The zero-order valence-electron chi connectivity index (χ0n) is 6.60. The van der Waals surface area contributed by atoms with E-state index in [0.29, 0.717) is 11.6 Å². The average molecular weight is 172 g/mol. The number of nitrogens with zero attached hydrogens (tertiary/aromatic N) is 1. The van der Waals surface area contributed by atoms with Crippen LogP contribution < -0.4 is 4.73 Å². The molecule has 3 heteroatoms. The van der Waals surface area contributed by atoms with Gasteiger partial charge in [-0.05, 0) is 12.5 Å². The summed E-state index contributed by atoms with van der Waals surface area (Å²) in [4.78, 5) is 0. The van der Waals surface area contributed by atoms with Crippen LogP contribution in [0, 0.1) is 19.1 Å². The molecule has 1 aromatic heterocycles. The molecule has 0 bridgehead atoms. The van der Waals surface area contributed by atoms with E-state index < -0.39 is 0 Å². The second-order valence-corrected chi connectivity index (χ2v) is 2.79. The largest absolute Gasteiger partial charge is 0.619 e. The van der Waals surface area contributed by atoms with Gasteiger partial charge in [-0.1, -0.05) is 0 Å². The normalized spacial score (nSPS) is 10.1. The van der Waals surface area contributed by atoms with Gasteiger partial charge in [-0.2, -0.15) is 4.73 Å². The lowest BCUT2D eigenvalue weighted by Gasteiger charge is -2.06. The molecule has 0 atom stereocenters. The maximum Gasteiger partial charge on any atom is 0.194 e. The van der Waals surface area contributed by atoms with Crippen molar-refractivity contribution in [3.8, 4) is 0 Å². The van der Waals surface area contributed by atoms with Gasteiger partial charge in [0.25, 0.3) is 0 Å². The van der Waals surface area contributed by atoms with Gasteiger partial charge in [-0.25, -0.2) is 0 Å². The van der Waals surface area contributed by atoms with Crippen LogP contribution in [0.1, 0.15) is 16.8 Å². The molecular weight excluding hydrogens is 162 g/mol. The molecule has 0 aliphatic rings. The van der Waals surface area contributed by atoms with Crippen molar-refractivity contribution >= 4 is 11.6 Å². The zero-order valence-corrected chi connectivity index (χ0v) is 7.35. The van der Waals surface area contributed by atoms with Crippen LogP contribution in [0.15, 0.2) is 12.3 Å². The summed E-state index contributed by atoms with van der Waals surface area (Å²) in [6, 6.07) is 1.78. The first-order valence-corrected chi connectivity index (χ1v) is 3.94. The number of aryl methyl sites for hydroxylation is 1. The first kappa shape index (κ1) is 8.34. The van der Waals surface area contributed by atoms with E-state index >= 15 is 0 Å². The van der Waals surface area contributed by atoms with Crippen LogP contribution in [0.5, 0.6) is 0 Å². The Morgan fingerprint density at radius 3 is 2.64 bits per heavy atom. The molecular formula is C8H10ClNO. The number of pyridine rings is 1. The van der Waals surface area contributed by atoms with Crippen molar-refractivity contribution in [3.05, 3.63) is 34.3 Å². The Labute approximate surface area is 71.0 Å². The molecule has 0 fully saturated rings. The van der Waals surface area contributed by atoms with E-state index in [9.17, 15) is 5.21 Å². The lowest BCUT2D eigenvalue weighted by molar-refractivity contribution is -0.612. The Balaban J connectivity index is 3.29.